The van der Waals surface area contributed by atoms with Gasteiger partial charge in [0.15, 0.2) is 18.3 Å². The van der Waals surface area contributed by atoms with Gasteiger partial charge in [-0.2, -0.15) is 0 Å². The van der Waals surface area contributed by atoms with Gasteiger partial charge in [-0.1, -0.05) is 36.4 Å². The van der Waals surface area contributed by atoms with Gasteiger partial charge in [0, 0.05) is 0 Å². The molecular weight excluding hydrogens is 343 g/mol. The highest BCUT2D eigenvalue weighted by Crippen LogP contribution is 2.23. The monoisotopic (exact) mass is 360 g/mol. The van der Waals surface area contributed by atoms with E-state index in [1.807, 2.05) is 0 Å². The number of hydrogen-bond acceptors (Lipinski definition) is 6. The summed E-state index contributed by atoms with van der Waals surface area (Å²) in [5, 5.41) is 10.0. The molecule has 1 aliphatic heterocycles. The molecule has 3 rings (SSSR count). The van der Waals surface area contributed by atoms with Crippen LogP contribution in [0.5, 0.6) is 0 Å². The van der Waals surface area contributed by atoms with Crippen molar-refractivity contribution in [1.29, 1.82) is 0 Å². The zero-order chi connectivity index (χ0) is 18.5. The minimum Gasteiger partial charge on any atom is -0.452 e. The number of carbonyl (C=O) groups is 2. The van der Waals surface area contributed by atoms with Crippen LogP contribution in [0.1, 0.15) is 20.7 Å². The SMILES string of the molecule is O=C(O[C@@H]1[C@H](O)[C@@H](F)OC[C@@H]1OC(=O)c1ccccc1)c1ccccc1. The van der Waals surface area contributed by atoms with Gasteiger partial charge in [-0.3, -0.25) is 0 Å². The topological polar surface area (TPSA) is 82.1 Å². The number of aliphatic hydroxyl groups is 1. The third-order valence-corrected chi connectivity index (χ3v) is 3.91. The largest absolute Gasteiger partial charge is 0.452 e. The van der Waals surface area contributed by atoms with Crippen LogP contribution in [0.2, 0.25) is 0 Å². The molecule has 1 fully saturated rings. The number of esters is 2. The van der Waals surface area contributed by atoms with Crippen LogP contribution in [0.3, 0.4) is 0 Å². The molecule has 0 bridgehead atoms. The molecule has 1 N–H and O–H groups in total. The van der Waals surface area contributed by atoms with Crippen molar-refractivity contribution in [2.45, 2.75) is 24.7 Å². The second kappa shape index (κ2) is 8.07. The average molecular weight is 360 g/mol. The van der Waals surface area contributed by atoms with E-state index in [0.29, 0.717) is 0 Å². The second-order valence-corrected chi connectivity index (χ2v) is 5.72. The molecule has 1 saturated heterocycles. The Balaban J connectivity index is 1.74. The molecule has 0 amide bonds. The molecule has 1 heterocycles. The predicted molar refractivity (Wildman–Crippen MR) is 88.1 cm³/mol. The predicted octanol–water partition coefficient (Wildman–Crippen LogP) is 2.12. The maximum atomic E-state index is 13.7. The average Bonchev–Trinajstić information content (AvgIpc) is 2.68. The fraction of sp³-hybridized carbons (Fsp3) is 0.263. The molecule has 0 aliphatic carbocycles. The smallest absolute Gasteiger partial charge is 0.338 e. The van der Waals surface area contributed by atoms with Crippen molar-refractivity contribution < 1.29 is 33.3 Å². The Morgan fingerprint density at radius 1 is 0.923 bits per heavy atom. The van der Waals surface area contributed by atoms with Crippen molar-refractivity contribution in [1.82, 2.24) is 0 Å². The molecule has 2 aromatic carbocycles. The Labute approximate surface area is 149 Å². The highest BCUT2D eigenvalue weighted by molar-refractivity contribution is 5.90. The fourth-order valence-corrected chi connectivity index (χ4v) is 2.54. The molecule has 1 aliphatic rings. The lowest BCUT2D eigenvalue weighted by Gasteiger charge is -2.35. The normalized spacial score (nSPS) is 25.3. The quantitative estimate of drug-likeness (QED) is 0.841. The lowest BCUT2D eigenvalue weighted by Crippen LogP contribution is -2.54. The van der Waals surface area contributed by atoms with E-state index in [9.17, 15) is 19.1 Å². The van der Waals surface area contributed by atoms with E-state index in [1.54, 1.807) is 48.5 Å². The Morgan fingerprint density at radius 2 is 1.42 bits per heavy atom. The molecule has 136 valence electrons. The van der Waals surface area contributed by atoms with E-state index in [2.05, 4.69) is 0 Å². The van der Waals surface area contributed by atoms with E-state index < -0.39 is 36.6 Å². The summed E-state index contributed by atoms with van der Waals surface area (Å²) in [5.41, 5.74) is 0.507. The Bertz CT molecular complexity index is 751. The summed E-state index contributed by atoms with van der Waals surface area (Å²) in [7, 11) is 0. The molecule has 4 atom stereocenters. The van der Waals surface area contributed by atoms with E-state index >= 15 is 0 Å². The Kier molecular flexibility index (Phi) is 5.60. The maximum absolute atomic E-state index is 13.7. The second-order valence-electron chi connectivity index (χ2n) is 5.72. The first kappa shape index (κ1) is 18.0. The van der Waals surface area contributed by atoms with Crippen molar-refractivity contribution in [3.63, 3.8) is 0 Å². The van der Waals surface area contributed by atoms with Crippen LogP contribution < -0.4 is 0 Å². The van der Waals surface area contributed by atoms with Gasteiger partial charge in [0.2, 0.25) is 6.36 Å². The minimum atomic E-state index is -2.05. The summed E-state index contributed by atoms with van der Waals surface area (Å²) in [6, 6.07) is 16.2. The molecule has 2 aromatic rings. The molecule has 0 saturated carbocycles. The van der Waals surface area contributed by atoms with Crippen LogP contribution in [0.15, 0.2) is 60.7 Å². The fourth-order valence-electron chi connectivity index (χ4n) is 2.54. The summed E-state index contributed by atoms with van der Waals surface area (Å²) in [5.74, 6) is -1.45. The minimum absolute atomic E-state index is 0.231. The highest BCUT2D eigenvalue weighted by Gasteiger charge is 2.44. The van der Waals surface area contributed by atoms with Crippen molar-refractivity contribution in [2.75, 3.05) is 6.61 Å². The first-order valence-electron chi connectivity index (χ1n) is 8.02. The maximum Gasteiger partial charge on any atom is 0.338 e. The molecule has 6 nitrogen and oxygen atoms in total. The van der Waals surface area contributed by atoms with Gasteiger partial charge in [0.05, 0.1) is 17.7 Å². The van der Waals surface area contributed by atoms with E-state index in [0.717, 1.165) is 0 Å². The number of halogens is 1. The highest BCUT2D eigenvalue weighted by atomic mass is 19.1. The molecule has 0 radical (unpaired) electrons. The molecule has 0 unspecified atom stereocenters. The van der Waals surface area contributed by atoms with Crippen LogP contribution >= 0.6 is 0 Å². The number of rotatable bonds is 4. The van der Waals surface area contributed by atoms with Crippen LogP contribution in [0.4, 0.5) is 4.39 Å². The lowest BCUT2D eigenvalue weighted by atomic mass is 10.0. The summed E-state index contributed by atoms with van der Waals surface area (Å²) in [4.78, 5) is 24.4. The molecular formula is C19H17FO6. The third kappa shape index (κ3) is 4.07. The first-order valence-corrected chi connectivity index (χ1v) is 8.02. The van der Waals surface area contributed by atoms with E-state index in [1.165, 1.54) is 12.1 Å². The number of aliphatic hydroxyl groups excluding tert-OH is 1. The lowest BCUT2D eigenvalue weighted by molar-refractivity contribution is -0.224. The van der Waals surface area contributed by atoms with E-state index in [4.69, 9.17) is 14.2 Å². The number of hydrogen-bond donors (Lipinski definition) is 1. The number of ether oxygens (including phenoxy) is 3. The first-order chi connectivity index (χ1) is 12.6. The van der Waals surface area contributed by atoms with Gasteiger partial charge >= 0.3 is 11.9 Å². The third-order valence-electron chi connectivity index (χ3n) is 3.91. The van der Waals surface area contributed by atoms with Crippen molar-refractivity contribution in [3.8, 4) is 0 Å². The molecule has 26 heavy (non-hydrogen) atoms. The van der Waals surface area contributed by atoms with Gasteiger partial charge in [0.25, 0.3) is 0 Å². The van der Waals surface area contributed by atoms with Crippen molar-refractivity contribution >= 4 is 11.9 Å². The van der Waals surface area contributed by atoms with Gasteiger partial charge < -0.3 is 19.3 Å². The summed E-state index contributed by atoms with van der Waals surface area (Å²) >= 11 is 0. The van der Waals surface area contributed by atoms with Crippen molar-refractivity contribution in [2.24, 2.45) is 0 Å². The van der Waals surface area contributed by atoms with Gasteiger partial charge in [-0.05, 0) is 24.3 Å². The Morgan fingerprint density at radius 3 is 1.96 bits per heavy atom. The van der Waals surface area contributed by atoms with Crippen LogP contribution in [0, 0.1) is 0 Å². The van der Waals surface area contributed by atoms with Gasteiger partial charge in [-0.15, -0.1) is 0 Å². The van der Waals surface area contributed by atoms with Crippen LogP contribution in [-0.4, -0.2) is 48.3 Å². The van der Waals surface area contributed by atoms with Crippen molar-refractivity contribution in [3.05, 3.63) is 71.8 Å². The molecule has 0 spiro atoms. The van der Waals surface area contributed by atoms with Crippen LogP contribution in [0.25, 0.3) is 0 Å². The van der Waals surface area contributed by atoms with Gasteiger partial charge in [0.1, 0.15) is 0 Å². The zero-order valence-corrected chi connectivity index (χ0v) is 13.7. The number of alkyl halides is 1. The zero-order valence-electron chi connectivity index (χ0n) is 13.7. The summed E-state index contributed by atoms with van der Waals surface area (Å²) in [6.45, 7) is -0.344. The van der Waals surface area contributed by atoms with Crippen LogP contribution in [-0.2, 0) is 14.2 Å². The molecule has 0 aromatic heterocycles. The summed E-state index contributed by atoms with van der Waals surface area (Å²) in [6.07, 6.45) is -6.35. The number of carbonyl (C=O) groups excluding carboxylic acids is 2. The Hall–Kier alpha value is -2.77. The van der Waals surface area contributed by atoms with Gasteiger partial charge in [-0.25, -0.2) is 14.0 Å². The summed E-state index contributed by atoms with van der Waals surface area (Å²) < 4.78 is 29.0. The number of benzene rings is 2. The molecule has 7 heteroatoms. The van der Waals surface area contributed by atoms with E-state index in [-0.39, 0.29) is 17.7 Å². The standard InChI is InChI=1S/C19H17FO6/c20-17-15(21)16(26-19(23)13-9-5-2-6-10-13)14(11-24-17)25-18(22)12-7-3-1-4-8-12/h1-10,14-17,21H,11H2/t14-,15-,16-,17-/m0/s1.